The largest absolute Gasteiger partial charge is 0.496 e. The van der Waals surface area contributed by atoms with Crippen LogP contribution in [-0.2, 0) is 0 Å². The highest BCUT2D eigenvalue weighted by Crippen LogP contribution is 2.32. The zero-order valence-corrected chi connectivity index (χ0v) is 15.8. The van der Waals surface area contributed by atoms with Gasteiger partial charge in [-0.2, -0.15) is 0 Å². The van der Waals surface area contributed by atoms with Gasteiger partial charge in [0.25, 0.3) is 0 Å². The van der Waals surface area contributed by atoms with Crippen molar-refractivity contribution in [3.8, 4) is 17.0 Å². The third-order valence-corrected chi connectivity index (χ3v) is 5.51. The van der Waals surface area contributed by atoms with Crippen LogP contribution in [0.15, 0.2) is 18.2 Å². The molecule has 25 heavy (non-hydrogen) atoms. The Morgan fingerprint density at radius 2 is 2.00 bits per heavy atom. The molecular formula is C19H25N3O2S. The van der Waals surface area contributed by atoms with Crippen LogP contribution in [0.25, 0.3) is 11.3 Å². The van der Waals surface area contributed by atoms with Crippen molar-refractivity contribution in [1.29, 1.82) is 0 Å². The number of benzene rings is 1. The Morgan fingerprint density at radius 3 is 2.68 bits per heavy atom. The van der Waals surface area contributed by atoms with Crippen LogP contribution in [0.5, 0.6) is 5.75 Å². The van der Waals surface area contributed by atoms with Gasteiger partial charge in [0.2, 0.25) is 0 Å². The number of carbonyl (C=O) groups is 1. The predicted molar refractivity (Wildman–Crippen MR) is 103 cm³/mol. The van der Waals surface area contributed by atoms with E-state index in [4.69, 9.17) is 4.74 Å². The lowest BCUT2D eigenvalue weighted by atomic mass is 9.96. The van der Waals surface area contributed by atoms with Crippen LogP contribution in [0.2, 0.25) is 0 Å². The zero-order chi connectivity index (χ0) is 17.8. The van der Waals surface area contributed by atoms with Crippen molar-refractivity contribution < 1.29 is 9.53 Å². The first-order valence-electron chi connectivity index (χ1n) is 8.77. The first-order valence-corrected chi connectivity index (χ1v) is 9.58. The van der Waals surface area contributed by atoms with Gasteiger partial charge in [0.15, 0.2) is 5.13 Å². The maximum atomic E-state index is 12.2. The number of ether oxygens (including phenoxy) is 1. The molecule has 0 saturated heterocycles. The molecule has 2 amide bonds. The molecule has 6 heteroatoms. The Morgan fingerprint density at radius 1 is 1.24 bits per heavy atom. The zero-order valence-electron chi connectivity index (χ0n) is 15.0. The number of hydrogen-bond donors (Lipinski definition) is 2. The van der Waals surface area contributed by atoms with E-state index < -0.39 is 0 Å². The Kier molecular flexibility index (Phi) is 5.58. The predicted octanol–water partition coefficient (Wildman–Crippen LogP) is 4.89. The molecule has 1 aliphatic rings. The Hall–Kier alpha value is -2.08. The van der Waals surface area contributed by atoms with Gasteiger partial charge in [0.05, 0.1) is 12.8 Å². The summed E-state index contributed by atoms with van der Waals surface area (Å²) in [4.78, 5) is 17.9. The van der Waals surface area contributed by atoms with E-state index in [1.807, 2.05) is 26.0 Å². The number of methoxy groups -OCH3 is 1. The van der Waals surface area contributed by atoms with E-state index in [0.717, 1.165) is 40.3 Å². The molecule has 1 aliphatic carbocycles. The summed E-state index contributed by atoms with van der Waals surface area (Å²) in [6.07, 6.45) is 5.81. The average molecular weight is 359 g/mol. The van der Waals surface area contributed by atoms with Gasteiger partial charge in [-0.15, -0.1) is 11.3 Å². The maximum absolute atomic E-state index is 12.2. The molecule has 1 fully saturated rings. The van der Waals surface area contributed by atoms with Gasteiger partial charge in [0, 0.05) is 16.5 Å². The smallest absolute Gasteiger partial charge is 0.321 e. The minimum atomic E-state index is -0.155. The van der Waals surface area contributed by atoms with E-state index in [-0.39, 0.29) is 6.03 Å². The van der Waals surface area contributed by atoms with Gasteiger partial charge in [-0.1, -0.05) is 19.3 Å². The Bertz CT molecular complexity index is 751. The molecular weight excluding hydrogens is 334 g/mol. The molecule has 2 aromatic rings. The van der Waals surface area contributed by atoms with Gasteiger partial charge in [-0.05, 0) is 50.5 Å². The fourth-order valence-corrected chi connectivity index (χ4v) is 4.14. The molecule has 0 aliphatic heterocycles. The van der Waals surface area contributed by atoms with E-state index in [9.17, 15) is 4.79 Å². The van der Waals surface area contributed by atoms with Gasteiger partial charge in [0.1, 0.15) is 5.75 Å². The molecule has 2 N–H and O–H groups in total. The van der Waals surface area contributed by atoms with Crippen molar-refractivity contribution in [2.24, 2.45) is 0 Å². The second-order valence-corrected chi connectivity index (χ2v) is 7.74. The quantitative estimate of drug-likeness (QED) is 0.817. The van der Waals surface area contributed by atoms with Crippen LogP contribution < -0.4 is 15.4 Å². The highest BCUT2D eigenvalue weighted by Gasteiger charge is 2.17. The second-order valence-electron chi connectivity index (χ2n) is 6.54. The van der Waals surface area contributed by atoms with Crippen molar-refractivity contribution >= 4 is 22.5 Å². The highest BCUT2D eigenvalue weighted by molar-refractivity contribution is 7.16. The summed E-state index contributed by atoms with van der Waals surface area (Å²) in [5.41, 5.74) is 3.01. The normalized spacial score (nSPS) is 15.0. The molecule has 0 radical (unpaired) electrons. The van der Waals surface area contributed by atoms with E-state index in [2.05, 4.69) is 21.7 Å². The lowest BCUT2D eigenvalue weighted by Gasteiger charge is -2.22. The molecule has 0 unspecified atom stereocenters. The number of rotatable bonds is 4. The van der Waals surface area contributed by atoms with Crippen molar-refractivity contribution in [3.05, 3.63) is 28.6 Å². The molecule has 0 spiro atoms. The summed E-state index contributed by atoms with van der Waals surface area (Å²) < 4.78 is 5.31. The molecule has 0 bridgehead atoms. The maximum Gasteiger partial charge on any atom is 0.321 e. The summed E-state index contributed by atoms with van der Waals surface area (Å²) in [6.45, 7) is 4.04. The summed E-state index contributed by atoms with van der Waals surface area (Å²) in [6, 6.07) is 6.15. The van der Waals surface area contributed by atoms with Crippen LogP contribution in [0.1, 0.15) is 42.5 Å². The minimum absolute atomic E-state index is 0.155. The lowest BCUT2D eigenvalue weighted by molar-refractivity contribution is 0.244. The topological polar surface area (TPSA) is 63.2 Å². The first-order chi connectivity index (χ1) is 12.1. The standard InChI is InChI=1S/C19H25N3O2S/c1-12-11-14(9-10-16(12)24-3)17-13(2)25-19(21-17)22-18(23)20-15-7-5-4-6-8-15/h9-11,15H,4-8H2,1-3H3,(H2,20,21,22,23). The highest BCUT2D eigenvalue weighted by atomic mass is 32.1. The van der Waals surface area contributed by atoms with Gasteiger partial charge in [-0.3, -0.25) is 5.32 Å². The fraction of sp³-hybridized carbons (Fsp3) is 0.474. The second kappa shape index (κ2) is 7.87. The van der Waals surface area contributed by atoms with Crippen LogP contribution in [0.3, 0.4) is 0 Å². The number of aromatic nitrogens is 1. The van der Waals surface area contributed by atoms with E-state index in [1.165, 1.54) is 30.6 Å². The Balaban J connectivity index is 1.69. The van der Waals surface area contributed by atoms with Gasteiger partial charge < -0.3 is 10.1 Å². The van der Waals surface area contributed by atoms with Crippen LogP contribution >= 0.6 is 11.3 Å². The summed E-state index contributed by atoms with van der Waals surface area (Å²) in [5, 5.41) is 6.58. The number of amides is 2. The van der Waals surface area contributed by atoms with Crippen molar-refractivity contribution in [3.63, 3.8) is 0 Å². The van der Waals surface area contributed by atoms with Crippen LogP contribution in [-0.4, -0.2) is 24.2 Å². The molecule has 1 aromatic heterocycles. The average Bonchev–Trinajstić information content (AvgIpc) is 2.95. The number of anilines is 1. The monoisotopic (exact) mass is 359 g/mol. The van der Waals surface area contributed by atoms with E-state index in [0.29, 0.717) is 11.2 Å². The molecule has 1 saturated carbocycles. The number of urea groups is 1. The summed E-state index contributed by atoms with van der Waals surface area (Å²) >= 11 is 1.50. The molecule has 5 nitrogen and oxygen atoms in total. The first kappa shape index (κ1) is 17.7. The number of aryl methyl sites for hydroxylation is 2. The van der Waals surface area contributed by atoms with Crippen molar-refractivity contribution in [2.75, 3.05) is 12.4 Å². The fourth-order valence-electron chi connectivity index (χ4n) is 3.31. The lowest BCUT2D eigenvalue weighted by Crippen LogP contribution is -2.38. The summed E-state index contributed by atoms with van der Waals surface area (Å²) in [5.74, 6) is 0.863. The van der Waals surface area contributed by atoms with Crippen LogP contribution in [0, 0.1) is 13.8 Å². The number of nitrogens with zero attached hydrogens (tertiary/aromatic N) is 1. The third kappa shape index (κ3) is 4.31. The number of hydrogen-bond acceptors (Lipinski definition) is 4. The van der Waals surface area contributed by atoms with Crippen molar-refractivity contribution in [2.45, 2.75) is 52.0 Å². The summed E-state index contributed by atoms with van der Waals surface area (Å²) in [7, 11) is 1.67. The van der Waals surface area contributed by atoms with E-state index >= 15 is 0 Å². The van der Waals surface area contributed by atoms with Crippen LogP contribution in [0.4, 0.5) is 9.93 Å². The SMILES string of the molecule is COc1ccc(-c2nc(NC(=O)NC3CCCCC3)sc2C)cc1C. The van der Waals surface area contributed by atoms with Crippen molar-refractivity contribution in [1.82, 2.24) is 10.3 Å². The molecule has 0 atom stereocenters. The van der Waals surface area contributed by atoms with Gasteiger partial charge >= 0.3 is 6.03 Å². The number of nitrogens with one attached hydrogen (secondary N) is 2. The molecule has 134 valence electrons. The third-order valence-electron chi connectivity index (χ3n) is 4.63. The minimum Gasteiger partial charge on any atom is -0.496 e. The molecule has 3 rings (SSSR count). The molecule has 1 heterocycles. The Labute approximate surface area is 152 Å². The number of carbonyl (C=O) groups excluding carboxylic acids is 1. The number of thiazole rings is 1. The van der Waals surface area contributed by atoms with E-state index in [1.54, 1.807) is 7.11 Å². The molecule has 1 aromatic carbocycles. The van der Waals surface area contributed by atoms with Gasteiger partial charge in [-0.25, -0.2) is 9.78 Å².